The molecule has 13 heavy (non-hydrogen) atoms. The molecule has 4 heteroatoms. The van der Waals surface area contributed by atoms with Crippen molar-refractivity contribution in [3.8, 4) is 0 Å². The van der Waals surface area contributed by atoms with Crippen molar-refractivity contribution in [1.82, 2.24) is 4.98 Å². The topological polar surface area (TPSA) is 76.2 Å². The van der Waals surface area contributed by atoms with Crippen LogP contribution in [0, 0.1) is 6.92 Å². The predicted molar refractivity (Wildman–Crippen MR) is 48.3 cm³/mol. The molecule has 1 heterocycles. The van der Waals surface area contributed by atoms with Gasteiger partial charge in [0.15, 0.2) is 0 Å². The van der Waals surface area contributed by atoms with Gasteiger partial charge in [-0.2, -0.15) is 0 Å². The van der Waals surface area contributed by atoms with Crippen molar-refractivity contribution >= 4 is 5.97 Å². The highest BCUT2D eigenvalue weighted by Gasteiger charge is 2.11. The number of aryl methyl sites for hydroxylation is 1. The monoisotopic (exact) mass is 180 g/mol. The van der Waals surface area contributed by atoms with Gasteiger partial charge in [0.2, 0.25) is 0 Å². The number of nitrogens with zero attached hydrogens (tertiary/aromatic N) is 1. The summed E-state index contributed by atoms with van der Waals surface area (Å²) >= 11 is 0. The van der Waals surface area contributed by atoms with Crippen molar-refractivity contribution in [3.63, 3.8) is 0 Å². The largest absolute Gasteiger partial charge is 0.480 e. The fourth-order valence-corrected chi connectivity index (χ4v) is 1.07. The zero-order chi connectivity index (χ0) is 9.84. The van der Waals surface area contributed by atoms with Crippen LogP contribution < -0.4 is 5.73 Å². The molecule has 0 bridgehead atoms. The molecule has 0 amide bonds. The van der Waals surface area contributed by atoms with Gasteiger partial charge in [0.05, 0.1) is 0 Å². The molecule has 70 valence electrons. The Morgan fingerprint density at radius 1 is 1.69 bits per heavy atom. The molecule has 0 aliphatic rings. The number of rotatable bonds is 3. The first kappa shape index (κ1) is 9.67. The fourth-order valence-electron chi connectivity index (χ4n) is 1.07. The Balaban J connectivity index is 2.69. The minimum Gasteiger partial charge on any atom is -0.480 e. The first-order chi connectivity index (χ1) is 6.09. The number of carbonyl (C=O) groups is 1. The van der Waals surface area contributed by atoms with Crippen LogP contribution in [0.4, 0.5) is 0 Å². The lowest BCUT2D eigenvalue weighted by Crippen LogP contribution is -2.32. The van der Waals surface area contributed by atoms with E-state index in [2.05, 4.69) is 4.98 Å². The maximum Gasteiger partial charge on any atom is 0.320 e. The summed E-state index contributed by atoms with van der Waals surface area (Å²) in [5.41, 5.74) is 7.24. The second-order valence-electron chi connectivity index (χ2n) is 3.02. The van der Waals surface area contributed by atoms with Gasteiger partial charge in [0, 0.05) is 12.4 Å². The number of hydrogen-bond donors (Lipinski definition) is 2. The van der Waals surface area contributed by atoms with Crippen molar-refractivity contribution in [1.29, 1.82) is 0 Å². The summed E-state index contributed by atoms with van der Waals surface area (Å²) in [6.07, 6.45) is 3.68. The van der Waals surface area contributed by atoms with Crippen LogP contribution in [0.15, 0.2) is 18.5 Å². The maximum atomic E-state index is 10.4. The standard InChI is InChI=1S/C9H12N2O2/c1-6-2-7(5-11-4-6)3-8(10)9(12)13/h2,4-5,8H,3,10H2,1H3,(H,12,13)/t8-/m0/s1. The molecular weight excluding hydrogens is 168 g/mol. The third-order valence-electron chi connectivity index (χ3n) is 1.70. The number of carboxylic acids is 1. The van der Waals surface area contributed by atoms with E-state index in [9.17, 15) is 4.79 Å². The lowest BCUT2D eigenvalue weighted by molar-refractivity contribution is -0.138. The normalized spacial score (nSPS) is 12.5. The van der Waals surface area contributed by atoms with E-state index in [0.717, 1.165) is 11.1 Å². The Bertz CT molecular complexity index is 312. The van der Waals surface area contributed by atoms with Crippen LogP contribution in [0.1, 0.15) is 11.1 Å². The lowest BCUT2D eigenvalue weighted by atomic mass is 10.1. The first-order valence-corrected chi connectivity index (χ1v) is 3.98. The summed E-state index contributed by atoms with van der Waals surface area (Å²) in [4.78, 5) is 14.4. The van der Waals surface area contributed by atoms with E-state index >= 15 is 0 Å². The van der Waals surface area contributed by atoms with E-state index in [0.29, 0.717) is 6.42 Å². The second-order valence-corrected chi connectivity index (χ2v) is 3.02. The summed E-state index contributed by atoms with van der Waals surface area (Å²) in [7, 11) is 0. The summed E-state index contributed by atoms with van der Waals surface area (Å²) in [6.45, 7) is 1.91. The third-order valence-corrected chi connectivity index (χ3v) is 1.70. The first-order valence-electron chi connectivity index (χ1n) is 3.98. The van der Waals surface area contributed by atoms with Crippen molar-refractivity contribution in [2.45, 2.75) is 19.4 Å². The Hall–Kier alpha value is -1.42. The highest BCUT2D eigenvalue weighted by atomic mass is 16.4. The molecule has 0 spiro atoms. The minimum absolute atomic E-state index is 0.323. The summed E-state index contributed by atoms with van der Waals surface area (Å²) < 4.78 is 0. The molecule has 0 radical (unpaired) electrons. The average molecular weight is 180 g/mol. The quantitative estimate of drug-likeness (QED) is 0.703. The van der Waals surface area contributed by atoms with Crippen LogP contribution in [0.3, 0.4) is 0 Å². The molecule has 0 saturated heterocycles. The van der Waals surface area contributed by atoms with Crippen LogP contribution in [0.2, 0.25) is 0 Å². The van der Waals surface area contributed by atoms with Crippen LogP contribution in [-0.2, 0) is 11.2 Å². The highest BCUT2D eigenvalue weighted by molar-refractivity contribution is 5.73. The van der Waals surface area contributed by atoms with E-state index in [-0.39, 0.29) is 0 Å². The summed E-state index contributed by atoms with van der Waals surface area (Å²) in [5.74, 6) is -0.985. The molecule has 0 aromatic carbocycles. The molecular formula is C9H12N2O2. The number of aliphatic carboxylic acids is 1. The fraction of sp³-hybridized carbons (Fsp3) is 0.333. The number of hydrogen-bond acceptors (Lipinski definition) is 3. The number of nitrogens with two attached hydrogens (primary N) is 1. The Morgan fingerprint density at radius 3 is 2.92 bits per heavy atom. The molecule has 3 N–H and O–H groups in total. The molecule has 0 unspecified atom stereocenters. The average Bonchev–Trinajstić information content (AvgIpc) is 2.04. The minimum atomic E-state index is -0.985. The van der Waals surface area contributed by atoms with Gasteiger partial charge in [-0.25, -0.2) is 0 Å². The molecule has 1 rings (SSSR count). The van der Waals surface area contributed by atoms with E-state index < -0.39 is 12.0 Å². The predicted octanol–water partition coefficient (Wildman–Crippen LogP) is 0.344. The van der Waals surface area contributed by atoms with Crippen molar-refractivity contribution < 1.29 is 9.90 Å². The molecule has 1 atom stereocenters. The van der Waals surface area contributed by atoms with E-state index in [1.807, 2.05) is 13.0 Å². The van der Waals surface area contributed by atoms with E-state index in [1.165, 1.54) is 0 Å². The zero-order valence-corrected chi connectivity index (χ0v) is 7.40. The molecule has 1 aromatic heterocycles. The van der Waals surface area contributed by atoms with Gasteiger partial charge >= 0.3 is 5.97 Å². The van der Waals surface area contributed by atoms with Gasteiger partial charge in [-0.1, -0.05) is 6.07 Å². The van der Waals surface area contributed by atoms with Gasteiger partial charge in [0.25, 0.3) is 0 Å². The van der Waals surface area contributed by atoms with Crippen LogP contribution in [-0.4, -0.2) is 22.1 Å². The Labute approximate surface area is 76.4 Å². The third kappa shape index (κ3) is 2.83. The van der Waals surface area contributed by atoms with Gasteiger partial charge in [0.1, 0.15) is 6.04 Å². The summed E-state index contributed by atoms with van der Waals surface area (Å²) in [5, 5.41) is 8.57. The Morgan fingerprint density at radius 2 is 2.38 bits per heavy atom. The van der Waals surface area contributed by atoms with E-state index in [1.54, 1.807) is 12.4 Å². The van der Waals surface area contributed by atoms with Crippen molar-refractivity contribution in [2.24, 2.45) is 5.73 Å². The van der Waals surface area contributed by atoms with Crippen molar-refractivity contribution in [2.75, 3.05) is 0 Å². The van der Waals surface area contributed by atoms with Gasteiger partial charge < -0.3 is 10.8 Å². The number of pyridine rings is 1. The van der Waals surface area contributed by atoms with Crippen LogP contribution in [0.25, 0.3) is 0 Å². The zero-order valence-electron chi connectivity index (χ0n) is 7.40. The molecule has 0 fully saturated rings. The Kier molecular flexibility index (Phi) is 2.97. The SMILES string of the molecule is Cc1cncc(C[C@H](N)C(=O)O)c1. The van der Waals surface area contributed by atoms with Crippen LogP contribution >= 0.6 is 0 Å². The van der Waals surface area contributed by atoms with Gasteiger partial charge in [-0.15, -0.1) is 0 Å². The van der Waals surface area contributed by atoms with Gasteiger partial charge in [-0.3, -0.25) is 9.78 Å². The highest BCUT2D eigenvalue weighted by Crippen LogP contribution is 2.03. The molecule has 0 aliphatic heterocycles. The number of aromatic nitrogens is 1. The molecule has 4 nitrogen and oxygen atoms in total. The maximum absolute atomic E-state index is 10.4. The number of carboxylic acid groups (broad SMARTS) is 1. The second kappa shape index (κ2) is 4.00. The molecule has 0 aliphatic carbocycles. The molecule has 0 saturated carbocycles. The lowest BCUT2D eigenvalue weighted by Gasteiger charge is -2.05. The molecule has 1 aromatic rings. The van der Waals surface area contributed by atoms with E-state index in [4.69, 9.17) is 10.8 Å². The van der Waals surface area contributed by atoms with Gasteiger partial charge in [-0.05, 0) is 24.5 Å². The van der Waals surface area contributed by atoms with Crippen LogP contribution in [0.5, 0.6) is 0 Å². The smallest absolute Gasteiger partial charge is 0.320 e. The van der Waals surface area contributed by atoms with Crippen molar-refractivity contribution in [3.05, 3.63) is 29.6 Å². The summed E-state index contributed by atoms with van der Waals surface area (Å²) in [6, 6.07) is 1.04.